The molecule has 6 nitrogen and oxygen atoms in total. The Hall–Kier alpha value is -3.20. The molecule has 0 aliphatic heterocycles. The van der Waals surface area contributed by atoms with E-state index in [1.165, 1.54) is 12.1 Å². The highest BCUT2D eigenvalue weighted by Gasteiger charge is 2.29. The molecule has 0 fully saturated rings. The smallest absolute Gasteiger partial charge is 0.327 e. The van der Waals surface area contributed by atoms with Crippen molar-refractivity contribution in [2.75, 3.05) is 0 Å². The van der Waals surface area contributed by atoms with Crippen LogP contribution in [0.15, 0.2) is 48.7 Å². The minimum absolute atomic E-state index is 0.195. The summed E-state index contributed by atoms with van der Waals surface area (Å²) in [5.74, 6) is 0. The molecule has 3 N–H and O–H groups in total. The van der Waals surface area contributed by atoms with Gasteiger partial charge < -0.3 is 5.73 Å². The molecule has 156 valence electrons. The summed E-state index contributed by atoms with van der Waals surface area (Å²) in [6.07, 6.45) is -1.34. The molecular weight excluding hydrogens is 393 g/mol. The Balaban J connectivity index is 1.36. The molecule has 9 heteroatoms. The molecule has 0 bridgehead atoms. The van der Waals surface area contributed by atoms with E-state index in [1.54, 1.807) is 4.68 Å². The van der Waals surface area contributed by atoms with Crippen molar-refractivity contribution in [3.05, 3.63) is 65.5 Å². The Morgan fingerprint density at radius 3 is 2.63 bits per heavy atom. The van der Waals surface area contributed by atoms with E-state index in [0.717, 1.165) is 45.6 Å². The molecular formula is C21H21F3N6. The number of nitrogens with two attached hydrogens (primary N) is 1. The molecule has 4 rings (SSSR count). The quantitative estimate of drug-likeness (QED) is 0.497. The summed E-state index contributed by atoms with van der Waals surface area (Å²) >= 11 is 0. The van der Waals surface area contributed by atoms with Gasteiger partial charge in [-0.15, -0.1) is 5.10 Å². The van der Waals surface area contributed by atoms with Gasteiger partial charge in [-0.1, -0.05) is 23.4 Å². The second kappa shape index (κ2) is 7.91. The molecule has 0 saturated heterocycles. The molecule has 2 aromatic heterocycles. The fraction of sp³-hybridized carbons (Fsp3) is 0.286. The fourth-order valence-corrected chi connectivity index (χ4v) is 3.38. The van der Waals surface area contributed by atoms with Crippen LogP contribution in [0.1, 0.15) is 23.2 Å². The first-order valence-corrected chi connectivity index (χ1v) is 9.56. The van der Waals surface area contributed by atoms with Crippen molar-refractivity contribution in [1.29, 1.82) is 0 Å². The van der Waals surface area contributed by atoms with Gasteiger partial charge in [0.2, 0.25) is 0 Å². The molecule has 4 aromatic rings. The van der Waals surface area contributed by atoms with E-state index >= 15 is 0 Å². The van der Waals surface area contributed by atoms with Crippen molar-refractivity contribution in [3.8, 4) is 11.3 Å². The lowest BCUT2D eigenvalue weighted by molar-refractivity contribution is -0.137. The van der Waals surface area contributed by atoms with Crippen molar-refractivity contribution < 1.29 is 13.2 Å². The van der Waals surface area contributed by atoms with Crippen LogP contribution in [0, 0.1) is 6.92 Å². The van der Waals surface area contributed by atoms with Gasteiger partial charge in [0.25, 0.3) is 0 Å². The van der Waals surface area contributed by atoms with E-state index in [2.05, 4.69) is 20.5 Å². The Morgan fingerprint density at radius 2 is 1.90 bits per heavy atom. The molecule has 30 heavy (non-hydrogen) atoms. The zero-order chi connectivity index (χ0) is 21.3. The number of alkyl halides is 3. The Kier molecular flexibility index (Phi) is 5.29. The molecule has 0 amide bonds. The highest BCUT2D eigenvalue weighted by atomic mass is 19.4. The predicted octanol–water partition coefficient (Wildman–Crippen LogP) is 4.11. The van der Waals surface area contributed by atoms with Gasteiger partial charge in [-0.3, -0.25) is 9.78 Å². The van der Waals surface area contributed by atoms with Crippen LogP contribution in [0.25, 0.3) is 22.2 Å². The second-order valence-electron chi connectivity index (χ2n) is 7.38. The van der Waals surface area contributed by atoms with Crippen LogP contribution in [0.5, 0.6) is 0 Å². The third kappa shape index (κ3) is 4.35. The summed E-state index contributed by atoms with van der Waals surface area (Å²) < 4.78 is 39.7. The number of hydrogen-bond donors (Lipinski definition) is 2. The topological polar surface area (TPSA) is 85.4 Å². The van der Waals surface area contributed by atoms with E-state index in [0.29, 0.717) is 19.4 Å². The molecule has 0 saturated carbocycles. The lowest BCUT2D eigenvalue weighted by Gasteiger charge is -2.12. The largest absolute Gasteiger partial charge is 0.416 e. The highest BCUT2D eigenvalue weighted by Crippen LogP contribution is 2.29. The molecule has 0 radical (unpaired) electrons. The average Bonchev–Trinajstić information content (AvgIpc) is 3.33. The number of aromatic amines is 1. The fourth-order valence-electron chi connectivity index (χ4n) is 3.38. The first-order valence-electron chi connectivity index (χ1n) is 9.56. The van der Waals surface area contributed by atoms with Crippen molar-refractivity contribution in [1.82, 2.24) is 25.2 Å². The first kappa shape index (κ1) is 20.1. The summed E-state index contributed by atoms with van der Waals surface area (Å²) in [6, 6.07) is 10.9. The van der Waals surface area contributed by atoms with Crippen molar-refractivity contribution in [2.24, 2.45) is 5.73 Å². The van der Waals surface area contributed by atoms with Crippen molar-refractivity contribution in [2.45, 2.75) is 38.5 Å². The van der Waals surface area contributed by atoms with Gasteiger partial charge in [-0.25, -0.2) is 0 Å². The molecule has 0 spiro atoms. The van der Waals surface area contributed by atoms with Crippen LogP contribution < -0.4 is 5.73 Å². The number of benzene rings is 2. The van der Waals surface area contributed by atoms with E-state index in [4.69, 9.17) is 5.73 Å². The van der Waals surface area contributed by atoms with Gasteiger partial charge in [0, 0.05) is 23.5 Å². The van der Waals surface area contributed by atoms with Crippen LogP contribution in [0.2, 0.25) is 0 Å². The molecule has 1 atom stereocenters. The SMILES string of the molecule is Cc1n[nH]c2ccc(-c3cn(CC[C@@H](N)Cc4ccc(C(F)(F)F)cc4)nn3)cc12. The minimum atomic E-state index is -4.33. The molecule has 2 aromatic carbocycles. The second-order valence-corrected chi connectivity index (χ2v) is 7.38. The third-order valence-electron chi connectivity index (χ3n) is 5.10. The summed E-state index contributed by atoms with van der Waals surface area (Å²) in [5, 5.41) is 16.6. The number of rotatable bonds is 6. The van der Waals surface area contributed by atoms with Crippen LogP contribution in [-0.4, -0.2) is 31.2 Å². The molecule has 0 unspecified atom stereocenters. The highest BCUT2D eigenvalue weighted by molar-refractivity contribution is 5.85. The Bertz CT molecular complexity index is 1140. The third-order valence-corrected chi connectivity index (χ3v) is 5.10. The number of hydrogen-bond acceptors (Lipinski definition) is 4. The monoisotopic (exact) mass is 414 g/mol. The molecule has 2 heterocycles. The van der Waals surface area contributed by atoms with Crippen LogP contribution >= 0.6 is 0 Å². The number of aromatic nitrogens is 5. The molecule has 0 aliphatic carbocycles. The predicted molar refractivity (Wildman–Crippen MR) is 108 cm³/mol. The van der Waals surface area contributed by atoms with Gasteiger partial charge in [-0.05, 0) is 49.6 Å². The summed E-state index contributed by atoms with van der Waals surface area (Å²) in [5.41, 5.74) is 9.89. The van der Waals surface area contributed by atoms with Gasteiger partial charge in [0.15, 0.2) is 0 Å². The van der Waals surface area contributed by atoms with Gasteiger partial charge in [0.05, 0.1) is 23.0 Å². The van der Waals surface area contributed by atoms with E-state index in [9.17, 15) is 13.2 Å². The maximum Gasteiger partial charge on any atom is 0.416 e. The van der Waals surface area contributed by atoms with Crippen LogP contribution in [-0.2, 0) is 19.1 Å². The van der Waals surface area contributed by atoms with Gasteiger partial charge in [0.1, 0.15) is 5.69 Å². The number of nitrogens with one attached hydrogen (secondary N) is 1. The van der Waals surface area contributed by atoms with E-state index in [1.807, 2.05) is 31.3 Å². The standard InChI is InChI=1S/C21H21F3N6/c1-13-18-11-15(4-7-19(18)27-26-13)20-12-30(29-28-20)9-8-17(25)10-14-2-5-16(6-3-14)21(22,23)24/h2-7,11-12,17H,8-10,25H2,1H3,(H,26,27)/t17-/m1/s1. The number of nitrogens with zero attached hydrogens (tertiary/aromatic N) is 4. The summed E-state index contributed by atoms with van der Waals surface area (Å²) in [6.45, 7) is 2.51. The Morgan fingerprint density at radius 1 is 1.13 bits per heavy atom. The van der Waals surface area contributed by atoms with Gasteiger partial charge >= 0.3 is 6.18 Å². The Labute approximate surface area is 170 Å². The van der Waals surface area contributed by atoms with E-state index in [-0.39, 0.29) is 6.04 Å². The molecule has 0 aliphatic rings. The normalized spacial score (nSPS) is 13.1. The first-order chi connectivity index (χ1) is 14.3. The maximum atomic E-state index is 12.7. The number of H-pyrrole nitrogens is 1. The number of fused-ring (bicyclic) bond motifs is 1. The zero-order valence-corrected chi connectivity index (χ0v) is 16.3. The van der Waals surface area contributed by atoms with Crippen LogP contribution in [0.3, 0.4) is 0 Å². The van der Waals surface area contributed by atoms with Gasteiger partial charge in [-0.2, -0.15) is 18.3 Å². The number of aryl methyl sites for hydroxylation is 2. The van der Waals surface area contributed by atoms with Crippen LogP contribution in [0.4, 0.5) is 13.2 Å². The maximum absolute atomic E-state index is 12.7. The summed E-state index contributed by atoms with van der Waals surface area (Å²) in [7, 11) is 0. The minimum Gasteiger partial charge on any atom is -0.327 e. The van der Waals surface area contributed by atoms with Crippen molar-refractivity contribution in [3.63, 3.8) is 0 Å². The lowest BCUT2D eigenvalue weighted by Crippen LogP contribution is -2.24. The number of halogens is 3. The zero-order valence-electron chi connectivity index (χ0n) is 16.3. The average molecular weight is 414 g/mol. The van der Waals surface area contributed by atoms with E-state index < -0.39 is 11.7 Å². The van der Waals surface area contributed by atoms with Crippen molar-refractivity contribution >= 4 is 10.9 Å². The lowest BCUT2D eigenvalue weighted by atomic mass is 10.0. The summed E-state index contributed by atoms with van der Waals surface area (Å²) in [4.78, 5) is 0.